The zero-order valence-corrected chi connectivity index (χ0v) is 68.1. The van der Waals surface area contributed by atoms with Gasteiger partial charge >= 0.3 is 12.1 Å². The standard InChI is InChI=1S/C74H136N12O15S/c1-28-52(79-66(94)56(81(22)59(87)39-48(10)11)40-50(14)33-31-29-30-32-34-76-72(100)101-73(16,17)18)68(96)86(27)58(43-102-74(19,20)41-61(89)90)70(98)84(25)55(37-46(6)7)67(95)80-62(49(12)13)71(99)85(26)54(36-45(4)5)65(93)78-51(15)63(91)77-42-60(88)82(23)57(38-47(8)9)69(97)83(24)53(35-44(2)3)64(92)75-21/h44-58,62H,28-43H2,1-27H3,(H,75,92)(H,76,100)(H,77,91)(H,78,93)(H,79,94)(H,80,95)(H,89,90)/t50-,51-,52+,53+,54+,55+,56?,57+,58-,62+/m1/s1. The van der Waals surface area contributed by atoms with Gasteiger partial charge in [-0.05, 0) is 114 Å². The molecule has 0 aliphatic heterocycles. The van der Waals surface area contributed by atoms with Gasteiger partial charge in [-0.3, -0.25) is 57.5 Å². The summed E-state index contributed by atoms with van der Waals surface area (Å²) in [5.41, 5.74) is -0.601. The van der Waals surface area contributed by atoms with E-state index in [1.165, 1.54) is 78.6 Å². The Morgan fingerprint density at radius 2 is 0.892 bits per heavy atom. The number of thioether (sulfide) groups is 1. The van der Waals surface area contributed by atoms with Gasteiger partial charge in [0.15, 0.2) is 0 Å². The van der Waals surface area contributed by atoms with Crippen LogP contribution < -0.4 is 31.9 Å². The Hall–Kier alpha value is -6.74. The number of hydrogen-bond acceptors (Lipinski definition) is 15. The summed E-state index contributed by atoms with van der Waals surface area (Å²) in [5.74, 6) is -8.46. The Morgan fingerprint density at radius 1 is 0.461 bits per heavy atom. The van der Waals surface area contributed by atoms with Crippen LogP contribution >= 0.6 is 11.8 Å². The highest BCUT2D eigenvalue weighted by Gasteiger charge is 2.43. The Kier molecular flexibility index (Phi) is 42.5. The third-order valence-corrected chi connectivity index (χ3v) is 19.3. The minimum Gasteiger partial charge on any atom is -0.481 e. The smallest absolute Gasteiger partial charge is 0.407 e. The molecule has 0 fully saturated rings. The van der Waals surface area contributed by atoms with Crippen molar-refractivity contribution < 1.29 is 72.2 Å². The first-order valence-corrected chi connectivity index (χ1v) is 37.8. The van der Waals surface area contributed by atoms with Crippen LogP contribution in [0.1, 0.15) is 222 Å². The van der Waals surface area contributed by atoms with Crippen molar-refractivity contribution in [1.82, 2.24) is 61.3 Å². The number of amides is 12. The highest BCUT2D eigenvalue weighted by Crippen LogP contribution is 2.31. The lowest BCUT2D eigenvalue weighted by Crippen LogP contribution is -2.61. The third kappa shape index (κ3) is 34.2. The number of nitrogens with one attached hydrogen (secondary N) is 6. The maximum atomic E-state index is 15.3. The van der Waals surface area contributed by atoms with Gasteiger partial charge in [0.1, 0.15) is 60.0 Å². The lowest BCUT2D eigenvalue weighted by molar-refractivity contribution is -0.149. The predicted octanol–water partition coefficient (Wildman–Crippen LogP) is 7.07. The number of aliphatic carboxylic acids is 1. The van der Waals surface area contributed by atoms with Gasteiger partial charge in [-0.25, -0.2) is 4.79 Å². The zero-order chi connectivity index (χ0) is 79.2. The summed E-state index contributed by atoms with van der Waals surface area (Å²) in [6.45, 7) is 36.2. The molecular weight excluding hydrogens is 1330 g/mol. The van der Waals surface area contributed by atoms with E-state index in [4.69, 9.17) is 4.74 Å². The van der Waals surface area contributed by atoms with Gasteiger partial charge in [0.2, 0.25) is 65.0 Å². The number of carboxylic acid groups (broad SMARTS) is 1. The number of rotatable bonds is 46. The molecule has 102 heavy (non-hydrogen) atoms. The Morgan fingerprint density at radius 3 is 1.35 bits per heavy atom. The van der Waals surface area contributed by atoms with E-state index in [9.17, 15) is 62.6 Å². The fourth-order valence-corrected chi connectivity index (χ4v) is 13.0. The molecule has 0 radical (unpaired) electrons. The molecule has 0 aromatic rings. The minimum absolute atomic E-state index is 0.00560. The predicted molar refractivity (Wildman–Crippen MR) is 400 cm³/mol. The molecule has 12 amide bonds. The number of carboxylic acids is 1. The van der Waals surface area contributed by atoms with Gasteiger partial charge in [-0.1, -0.05) is 136 Å². The van der Waals surface area contributed by atoms with Crippen LogP contribution in [-0.2, 0) is 62.3 Å². The fraction of sp³-hybridized carbons (Fsp3) is 0.824. The molecule has 27 nitrogen and oxygen atoms in total. The van der Waals surface area contributed by atoms with Crippen molar-refractivity contribution in [2.45, 2.75) is 287 Å². The van der Waals surface area contributed by atoms with Crippen molar-refractivity contribution in [3.8, 4) is 0 Å². The number of nitrogens with zero attached hydrogens (tertiary/aromatic N) is 6. The van der Waals surface area contributed by atoms with Crippen molar-refractivity contribution in [2.24, 2.45) is 41.4 Å². The number of alkyl carbamates (subject to hydrolysis) is 1. The molecule has 588 valence electrons. The van der Waals surface area contributed by atoms with Crippen LogP contribution in [0.3, 0.4) is 0 Å². The number of carbonyl (C=O) groups excluding carboxylic acids is 12. The van der Waals surface area contributed by atoms with Crippen LogP contribution in [0.5, 0.6) is 0 Å². The van der Waals surface area contributed by atoms with E-state index in [-0.39, 0.29) is 91.6 Å². The Labute approximate surface area is 615 Å². The van der Waals surface area contributed by atoms with Crippen molar-refractivity contribution in [2.75, 3.05) is 68.2 Å². The van der Waals surface area contributed by atoms with Gasteiger partial charge in [0, 0.05) is 72.8 Å². The molecule has 0 saturated carbocycles. The largest absolute Gasteiger partial charge is 0.481 e. The van der Waals surface area contributed by atoms with Crippen molar-refractivity contribution >= 4 is 88.8 Å². The summed E-state index contributed by atoms with van der Waals surface area (Å²) in [4.78, 5) is 189. The van der Waals surface area contributed by atoms with E-state index < -0.39 is 142 Å². The minimum atomic E-state index is -1.33. The molecule has 0 aromatic carbocycles. The summed E-state index contributed by atoms with van der Waals surface area (Å²) < 4.78 is 4.37. The lowest BCUT2D eigenvalue weighted by Gasteiger charge is -2.38. The van der Waals surface area contributed by atoms with Crippen LogP contribution in [0, 0.1) is 41.4 Å². The molecular formula is C74H136N12O15S. The fourth-order valence-electron chi connectivity index (χ4n) is 11.8. The summed E-state index contributed by atoms with van der Waals surface area (Å²) in [6.07, 6.45) is 4.70. The molecule has 0 saturated heterocycles. The van der Waals surface area contributed by atoms with Gasteiger partial charge in [0.05, 0.1) is 13.0 Å². The van der Waals surface area contributed by atoms with E-state index in [0.717, 1.165) is 43.9 Å². The van der Waals surface area contributed by atoms with Crippen molar-refractivity contribution in [1.29, 1.82) is 0 Å². The second kappa shape index (κ2) is 45.5. The second-order valence-electron chi connectivity index (χ2n) is 31.9. The average molecular weight is 1470 g/mol. The van der Waals surface area contributed by atoms with E-state index in [0.29, 0.717) is 19.4 Å². The summed E-state index contributed by atoms with van der Waals surface area (Å²) in [6, 6.07) is -10.1. The number of unbranched alkanes of at least 4 members (excludes halogenated alkanes) is 3. The number of ether oxygens (including phenoxy) is 1. The van der Waals surface area contributed by atoms with E-state index in [1.807, 2.05) is 76.2 Å². The van der Waals surface area contributed by atoms with Crippen molar-refractivity contribution in [3.63, 3.8) is 0 Å². The number of hydrogen-bond donors (Lipinski definition) is 7. The van der Waals surface area contributed by atoms with Crippen LogP contribution in [0.25, 0.3) is 0 Å². The average Bonchev–Trinajstić information content (AvgIpc) is 0.828. The molecule has 1 unspecified atom stereocenters. The zero-order valence-electron chi connectivity index (χ0n) is 67.3. The maximum absolute atomic E-state index is 15.3. The molecule has 7 N–H and O–H groups in total. The SMILES string of the molecule is CC[C@H](NC(=O)C(C[C@H](C)CCCCCCNC(=O)OC(C)(C)C)N(C)C(=O)CC(C)C)C(=O)N(C)[C@H](CSC(C)(C)CC(=O)O)C(=O)N(C)[C@@H](CC(C)C)C(=O)N[C@H](C(=O)N(C)[C@@H](CC(C)C)C(=O)N[C@H](C)C(=O)NCC(=O)N(C)[C@@H](CC(C)C)C(=O)N(C)[C@@H](CC(C)C)C(=O)NC)C(C)C. The lowest BCUT2D eigenvalue weighted by atomic mass is 9.93. The van der Waals surface area contributed by atoms with Gasteiger partial charge in [0.25, 0.3) is 0 Å². The third-order valence-electron chi connectivity index (χ3n) is 17.9. The van der Waals surface area contributed by atoms with Crippen LogP contribution in [-0.4, -0.2) is 244 Å². The summed E-state index contributed by atoms with van der Waals surface area (Å²) >= 11 is 1.14. The molecule has 0 aromatic heterocycles. The molecule has 0 heterocycles. The topological polar surface area (TPSA) is 343 Å². The summed E-state index contributed by atoms with van der Waals surface area (Å²) in [5, 5.41) is 26.3. The number of carbonyl (C=O) groups is 13. The first kappa shape index (κ1) is 95.3. The van der Waals surface area contributed by atoms with Gasteiger partial charge in [-0.15, -0.1) is 0 Å². The van der Waals surface area contributed by atoms with E-state index in [2.05, 4.69) is 31.9 Å². The van der Waals surface area contributed by atoms with Crippen LogP contribution in [0.15, 0.2) is 0 Å². The molecule has 0 aliphatic carbocycles. The van der Waals surface area contributed by atoms with Gasteiger partial charge in [-0.2, -0.15) is 11.8 Å². The maximum Gasteiger partial charge on any atom is 0.407 e. The highest BCUT2D eigenvalue weighted by atomic mass is 32.2. The van der Waals surface area contributed by atoms with Crippen LogP contribution in [0.4, 0.5) is 4.79 Å². The quantitative estimate of drug-likeness (QED) is 0.0300. The van der Waals surface area contributed by atoms with Crippen molar-refractivity contribution in [3.05, 3.63) is 0 Å². The highest BCUT2D eigenvalue weighted by molar-refractivity contribution is 8.00. The van der Waals surface area contributed by atoms with Crippen LogP contribution in [0.2, 0.25) is 0 Å². The van der Waals surface area contributed by atoms with Gasteiger partial charge < -0.3 is 71.1 Å². The molecule has 10 atom stereocenters. The van der Waals surface area contributed by atoms with E-state index in [1.54, 1.807) is 62.4 Å². The second-order valence-corrected chi connectivity index (χ2v) is 33.6. The molecule has 0 spiro atoms. The molecule has 0 rings (SSSR count). The summed E-state index contributed by atoms with van der Waals surface area (Å²) in [7, 11) is 10.3. The first-order valence-electron chi connectivity index (χ1n) is 36.8. The number of likely N-dealkylation sites (N-methyl/N-ethyl adjacent to an activating group) is 7. The normalized spacial score (nSPS) is 14.8. The molecule has 0 aliphatic rings. The molecule has 28 heteroatoms. The molecule has 0 bridgehead atoms. The first-order chi connectivity index (χ1) is 47.0. The monoisotopic (exact) mass is 1460 g/mol. The Balaban J connectivity index is 7.02. The van der Waals surface area contributed by atoms with E-state index >= 15 is 4.79 Å². The Bertz CT molecular complexity index is 2740.